The Morgan fingerprint density at radius 1 is 1.33 bits per heavy atom. The summed E-state index contributed by atoms with van der Waals surface area (Å²) in [4.78, 5) is 11.6. The van der Waals surface area contributed by atoms with Crippen LogP contribution in [0.25, 0.3) is 0 Å². The zero-order chi connectivity index (χ0) is 15.5. The maximum absolute atomic E-state index is 13.4. The summed E-state index contributed by atoms with van der Waals surface area (Å²) in [5.74, 6) is -2.80. The van der Waals surface area contributed by atoms with Gasteiger partial charge in [0, 0.05) is 24.9 Å². The first-order chi connectivity index (χ1) is 9.90. The molecule has 21 heavy (non-hydrogen) atoms. The lowest BCUT2D eigenvalue weighted by Gasteiger charge is -2.14. The zero-order valence-corrected chi connectivity index (χ0v) is 12.0. The monoisotopic (exact) mass is 294 g/mol. The summed E-state index contributed by atoms with van der Waals surface area (Å²) in [6.45, 7) is 4.73. The molecule has 2 rings (SSSR count). The van der Waals surface area contributed by atoms with Gasteiger partial charge in [-0.3, -0.25) is 4.98 Å². The van der Waals surface area contributed by atoms with Gasteiger partial charge < -0.3 is 10.1 Å². The van der Waals surface area contributed by atoms with Crippen LogP contribution in [-0.4, -0.2) is 21.6 Å². The Morgan fingerprint density at radius 3 is 2.76 bits per heavy atom. The molecule has 112 valence electrons. The van der Waals surface area contributed by atoms with E-state index in [4.69, 9.17) is 4.74 Å². The van der Waals surface area contributed by atoms with E-state index in [1.807, 2.05) is 6.92 Å². The summed E-state index contributed by atoms with van der Waals surface area (Å²) in [6, 6.07) is 3.28. The molecule has 7 heteroatoms. The van der Waals surface area contributed by atoms with Crippen LogP contribution in [0.2, 0.25) is 0 Å². The Hall–Kier alpha value is -2.31. The van der Waals surface area contributed by atoms with E-state index in [1.54, 1.807) is 31.5 Å². The van der Waals surface area contributed by atoms with E-state index in [-0.39, 0.29) is 5.82 Å². The quantitative estimate of drug-likeness (QED) is 0.915. The molecular formula is C14H16F2N4O. The van der Waals surface area contributed by atoms with E-state index >= 15 is 0 Å². The third kappa shape index (κ3) is 3.84. The number of anilines is 2. The average molecular weight is 294 g/mol. The molecule has 2 heterocycles. The summed E-state index contributed by atoms with van der Waals surface area (Å²) in [5.41, 5.74) is 1.06. The lowest BCUT2D eigenvalue weighted by molar-refractivity contribution is 0.00766. The average Bonchev–Trinajstić information content (AvgIpc) is 2.40. The lowest BCUT2D eigenvalue weighted by Crippen LogP contribution is -2.14. The number of aryl methyl sites for hydroxylation is 1. The van der Waals surface area contributed by atoms with Crippen LogP contribution in [0.1, 0.15) is 25.4 Å². The van der Waals surface area contributed by atoms with E-state index in [0.717, 1.165) is 6.92 Å². The summed E-state index contributed by atoms with van der Waals surface area (Å²) >= 11 is 0. The van der Waals surface area contributed by atoms with Gasteiger partial charge in [-0.2, -0.15) is 8.78 Å². The Balaban J connectivity index is 2.34. The molecule has 5 nitrogen and oxygen atoms in total. The van der Waals surface area contributed by atoms with Crippen molar-refractivity contribution in [1.82, 2.24) is 15.0 Å². The van der Waals surface area contributed by atoms with Gasteiger partial charge in [-0.15, -0.1) is 0 Å². The van der Waals surface area contributed by atoms with Crippen molar-refractivity contribution in [2.45, 2.75) is 26.7 Å². The van der Waals surface area contributed by atoms with Crippen LogP contribution in [0.5, 0.6) is 5.75 Å². The van der Waals surface area contributed by atoms with Crippen molar-refractivity contribution in [2.24, 2.45) is 0 Å². The van der Waals surface area contributed by atoms with E-state index in [1.165, 1.54) is 0 Å². The highest BCUT2D eigenvalue weighted by Crippen LogP contribution is 2.28. The van der Waals surface area contributed by atoms with Crippen LogP contribution in [0.4, 0.5) is 20.3 Å². The number of nitrogens with one attached hydrogen (secondary N) is 1. The first kappa shape index (κ1) is 15.1. The number of ether oxygens (including phenoxy) is 1. The predicted molar refractivity (Wildman–Crippen MR) is 75.0 cm³/mol. The van der Waals surface area contributed by atoms with Crippen LogP contribution in [-0.2, 0) is 5.92 Å². The molecule has 0 saturated carbocycles. The number of nitrogens with zero attached hydrogens (tertiary/aromatic N) is 3. The van der Waals surface area contributed by atoms with Crippen molar-refractivity contribution in [1.29, 1.82) is 0 Å². The molecule has 0 amide bonds. The second kappa shape index (κ2) is 5.99. The van der Waals surface area contributed by atoms with Gasteiger partial charge >= 0.3 is 5.92 Å². The highest BCUT2D eigenvalue weighted by molar-refractivity contribution is 5.63. The van der Waals surface area contributed by atoms with E-state index in [2.05, 4.69) is 20.3 Å². The molecule has 0 aliphatic rings. The number of hydrogen-bond acceptors (Lipinski definition) is 5. The Bertz CT molecular complexity index is 629. The third-order valence-corrected chi connectivity index (χ3v) is 2.59. The van der Waals surface area contributed by atoms with Crippen molar-refractivity contribution >= 4 is 11.5 Å². The van der Waals surface area contributed by atoms with Gasteiger partial charge in [0.2, 0.25) is 5.82 Å². The fourth-order valence-electron chi connectivity index (χ4n) is 1.72. The lowest BCUT2D eigenvalue weighted by atomic mass is 10.3. The van der Waals surface area contributed by atoms with Crippen LogP contribution in [0.3, 0.4) is 0 Å². The minimum absolute atomic E-state index is 0.283. The fourth-order valence-corrected chi connectivity index (χ4v) is 1.72. The molecule has 2 aromatic rings. The normalized spacial score (nSPS) is 11.3. The molecular weight excluding hydrogens is 278 g/mol. The van der Waals surface area contributed by atoms with E-state index in [0.29, 0.717) is 23.7 Å². The van der Waals surface area contributed by atoms with Crippen molar-refractivity contribution < 1.29 is 13.5 Å². The SMILES string of the molecule is CCOc1cnccc1Nc1cc(C)nc(C(C)(F)F)n1. The van der Waals surface area contributed by atoms with Crippen LogP contribution in [0, 0.1) is 6.92 Å². The molecule has 0 spiro atoms. The molecule has 0 bridgehead atoms. The number of aromatic nitrogens is 3. The molecule has 0 radical (unpaired) electrons. The van der Waals surface area contributed by atoms with Crippen molar-refractivity contribution in [3.05, 3.63) is 36.0 Å². The second-order valence-electron chi connectivity index (χ2n) is 4.54. The molecule has 0 fully saturated rings. The minimum atomic E-state index is -3.09. The molecule has 0 aromatic carbocycles. The highest BCUT2D eigenvalue weighted by atomic mass is 19.3. The molecule has 0 atom stereocenters. The summed E-state index contributed by atoms with van der Waals surface area (Å²) in [6.07, 6.45) is 3.13. The topological polar surface area (TPSA) is 59.9 Å². The van der Waals surface area contributed by atoms with Gasteiger partial charge in [-0.1, -0.05) is 0 Å². The Kier molecular flexibility index (Phi) is 4.30. The molecule has 0 unspecified atom stereocenters. The van der Waals surface area contributed by atoms with Gasteiger partial charge in [-0.05, 0) is 19.9 Å². The van der Waals surface area contributed by atoms with E-state index < -0.39 is 11.7 Å². The summed E-state index contributed by atoms with van der Waals surface area (Å²) in [5, 5.41) is 2.96. The molecule has 0 saturated heterocycles. The predicted octanol–water partition coefficient (Wildman–Crippen LogP) is 3.43. The maximum atomic E-state index is 13.4. The van der Waals surface area contributed by atoms with Gasteiger partial charge in [0.25, 0.3) is 0 Å². The molecule has 1 N–H and O–H groups in total. The van der Waals surface area contributed by atoms with Crippen molar-refractivity contribution in [3.8, 4) is 5.75 Å². The highest BCUT2D eigenvalue weighted by Gasteiger charge is 2.28. The van der Waals surface area contributed by atoms with Crippen molar-refractivity contribution in [3.63, 3.8) is 0 Å². The third-order valence-electron chi connectivity index (χ3n) is 2.59. The van der Waals surface area contributed by atoms with Crippen molar-refractivity contribution in [2.75, 3.05) is 11.9 Å². The molecule has 2 aromatic heterocycles. The van der Waals surface area contributed by atoms with Crippen LogP contribution in [0.15, 0.2) is 24.5 Å². The first-order valence-corrected chi connectivity index (χ1v) is 6.48. The molecule has 0 aliphatic carbocycles. The summed E-state index contributed by atoms with van der Waals surface area (Å²) < 4.78 is 32.2. The minimum Gasteiger partial charge on any atom is -0.490 e. The number of hydrogen-bond donors (Lipinski definition) is 1. The van der Waals surface area contributed by atoms with Gasteiger partial charge in [-0.25, -0.2) is 9.97 Å². The van der Waals surface area contributed by atoms with Crippen LogP contribution < -0.4 is 10.1 Å². The number of alkyl halides is 2. The number of halogens is 2. The van der Waals surface area contributed by atoms with E-state index in [9.17, 15) is 8.78 Å². The number of pyridine rings is 1. The van der Waals surface area contributed by atoms with Gasteiger partial charge in [0.05, 0.1) is 18.5 Å². The standard InChI is InChI=1S/C14H16F2N4O/c1-4-21-11-8-17-6-5-10(11)19-12-7-9(2)18-13(20-12)14(3,15)16/h5-8H,4H2,1-3H3,(H,17,18,19,20). The zero-order valence-electron chi connectivity index (χ0n) is 12.0. The Morgan fingerprint density at radius 2 is 2.10 bits per heavy atom. The maximum Gasteiger partial charge on any atom is 0.303 e. The number of rotatable bonds is 5. The first-order valence-electron chi connectivity index (χ1n) is 6.48. The second-order valence-corrected chi connectivity index (χ2v) is 4.54. The Labute approximate surface area is 121 Å². The fraction of sp³-hybridized carbons (Fsp3) is 0.357. The summed E-state index contributed by atoms with van der Waals surface area (Å²) in [7, 11) is 0. The smallest absolute Gasteiger partial charge is 0.303 e. The van der Waals surface area contributed by atoms with Gasteiger partial charge in [0.1, 0.15) is 5.82 Å². The largest absolute Gasteiger partial charge is 0.490 e. The molecule has 0 aliphatic heterocycles. The van der Waals surface area contributed by atoms with Gasteiger partial charge in [0.15, 0.2) is 5.75 Å². The van der Waals surface area contributed by atoms with Crippen LogP contribution >= 0.6 is 0 Å².